The molecule has 0 aromatic carbocycles. The molecular weight excluding hydrogens is 269 g/mol. The smallest absolute Gasteiger partial charge is 0.545 e. The second kappa shape index (κ2) is 53.9. The third-order valence-electron chi connectivity index (χ3n) is 1.03. The summed E-state index contributed by atoms with van der Waals surface area (Å²) in [5.41, 5.74) is 0. The average molecular weight is 287 g/mol. The Kier molecular flexibility index (Phi) is 112. The van der Waals surface area contributed by atoms with Gasteiger partial charge in [-0.05, 0) is 0 Å². The molecule has 0 spiro atoms. The van der Waals surface area contributed by atoms with Crippen molar-refractivity contribution >= 4 is 20.4 Å². The van der Waals surface area contributed by atoms with E-state index < -0.39 is 0 Å². The van der Waals surface area contributed by atoms with Crippen molar-refractivity contribution in [3.8, 4) is 0 Å². The average Bonchev–Trinajstić information content (AvgIpc) is 2.24. The molecule has 0 aliphatic rings. The van der Waals surface area contributed by atoms with Crippen molar-refractivity contribution in [3.05, 3.63) is 5.92 Å². The Bertz CT molecular complexity index is 65.6. The van der Waals surface area contributed by atoms with Gasteiger partial charge in [0.25, 0.3) is 0 Å². The van der Waals surface area contributed by atoms with E-state index >= 15 is 0 Å². The largest absolute Gasteiger partial charge is 4.00 e. The van der Waals surface area contributed by atoms with Crippen LogP contribution in [0.3, 0.4) is 0 Å². The van der Waals surface area contributed by atoms with Crippen LogP contribution in [-0.4, -0.2) is 20.4 Å². The van der Waals surface area contributed by atoms with Crippen LogP contribution in [0.25, 0.3) is 0 Å². The minimum absolute atomic E-state index is 0. The molecule has 0 rings (SSSR count). The first kappa shape index (κ1) is 29.2. The SMILES string of the molecule is CCCC[C-](C)C.[CH-]=O.[CH-]=O.[CH-]=O.[Ru+4]. The van der Waals surface area contributed by atoms with Crippen LogP contribution in [-0.2, 0) is 33.9 Å². The molecule has 0 unspecified atom stereocenters. The van der Waals surface area contributed by atoms with Gasteiger partial charge in [0.15, 0.2) is 0 Å². The Balaban J connectivity index is -0.0000000332. The Morgan fingerprint density at radius 2 is 1.21 bits per heavy atom. The maximum atomic E-state index is 7.75. The summed E-state index contributed by atoms with van der Waals surface area (Å²) < 4.78 is 0. The van der Waals surface area contributed by atoms with Gasteiger partial charge in [-0.3, -0.25) is 20.4 Å². The molecule has 0 bridgehead atoms. The zero-order valence-corrected chi connectivity index (χ0v) is 10.7. The molecule has 0 heterocycles. The fourth-order valence-corrected chi connectivity index (χ4v) is 0.530. The fraction of sp³-hybridized carbons (Fsp3) is 0.600. The monoisotopic (exact) mass is 288 g/mol. The summed E-state index contributed by atoms with van der Waals surface area (Å²) in [5, 5.41) is 0. The predicted octanol–water partition coefficient (Wildman–Crippen LogP) is 1.97. The summed E-state index contributed by atoms with van der Waals surface area (Å²) in [4.78, 5) is 23.2. The van der Waals surface area contributed by atoms with Gasteiger partial charge in [0, 0.05) is 0 Å². The molecule has 0 atom stereocenters. The van der Waals surface area contributed by atoms with Crippen molar-refractivity contribution < 1.29 is 33.9 Å². The standard InChI is InChI=1S/C7H15.3CHO.Ru/c1-4-5-6-7(2)3;3*1-2;/h4-6H2,1-3H3;3*1H;/q4*-1;+4. The van der Waals surface area contributed by atoms with Gasteiger partial charge in [-0.1, -0.05) is 19.8 Å². The van der Waals surface area contributed by atoms with E-state index in [0.29, 0.717) is 0 Å². The number of carbonyl (C=O) groups excluding carboxylic acids is 3. The van der Waals surface area contributed by atoms with Crippen molar-refractivity contribution in [3.63, 3.8) is 0 Å². The minimum atomic E-state index is 0. The molecule has 0 radical (unpaired) electrons. The van der Waals surface area contributed by atoms with Gasteiger partial charge < -0.3 is 20.3 Å². The normalized spacial score (nSPS) is 6.00. The van der Waals surface area contributed by atoms with E-state index in [-0.39, 0.29) is 19.5 Å². The number of unbranched alkanes of at least 4 members (excludes halogenated alkanes) is 1. The molecule has 0 N–H and O–H groups in total. The van der Waals surface area contributed by atoms with Crippen molar-refractivity contribution in [1.82, 2.24) is 0 Å². The van der Waals surface area contributed by atoms with Gasteiger partial charge in [0.2, 0.25) is 0 Å². The van der Waals surface area contributed by atoms with Crippen molar-refractivity contribution in [2.45, 2.75) is 40.0 Å². The van der Waals surface area contributed by atoms with Gasteiger partial charge in [-0.25, -0.2) is 0 Å². The molecule has 0 aliphatic heterocycles. The van der Waals surface area contributed by atoms with Gasteiger partial charge in [0.05, 0.1) is 0 Å². The molecule has 0 aromatic rings. The van der Waals surface area contributed by atoms with Gasteiger partial charge in [0.1, 0.15) is 0 Å². The Hall–Kier alpha value is -0.367. The van der Waals surface area contributed by atoms with E-state index in [0.717, 1.165) is 0 Å². The molecule has 14 heavy (non-hydrogen) atoms. The first-order chi connectivity index (χ1) is 6.27. The molecule has 0 aliphatic carbocycles. The summed E-state index contributed by atoms with van der Waals surface area (Å²) in [5.74, 6) is 1.56. The second-order valence-corrected chi connectivity index (χ2v) is 2.31. The first-order valence-electron chi connectivity index (χ1n) is 3.77. The van der Waals surface area contributed by atoms with Crippen molar-refractivity contribution in [2.75, 3.05) is 0 Å². The third-order valence-corrected chi connectivity index (χ3v) is 1.03. The Morgan fingerprint density at radius 1 is 0.929 bits per heavy atom. The molecular formula is C10H18O3Ru. The maximum absolute atomic E-state index is 7.75. The summed E-state index contributed by atoms with van der Waals surface area (Å²) in [6, 6.07) is 0. The Labute approximate surface area is 100 Å². The minimum Gasteiger partial charge on any atom is -0.545 e. The topological polar surface area (TPSA) is 51.2 Å². The molecule has 0 fully saturated rings. The quantitative estimate of drug-likeness (QED) is 0.453. The van der Waals surface area contributed by atoms with E-state index in [1.165, 1.54) is 19.3 Å². The molecule has 0 aromatic heterocycles. The van der Waals surface area contributed by atoms with E-state index in [4.69, 9.17) is 14.4 Å². The van der Waals surface area contributed by atoms with Crippen LogP contribution in [0.1, 0.15) is 40.0 Å². The zero-order valence-electron chi connectivity index (χ0n) is 8.93. The molecule has 0 saturated carbocycles. The van der Waals surface area contributed by atoms with E-state index in [1.807, 2.05) is 0 Å². The number of hydrogen-bond donors (Lipinski definition) is 0. The van der Waals surface area contributed by atoms with Gasteiger partial charge in [-0.2, -0.15) is 20.3 Å². The van der Waals surface area contributed by atoms with Crippen LogP contribution >= 0.6 is 0 Å². The summed E-state index contributed by atoms with van der Waals surface area (Å²) >= 11 is 0. The van der Waals surface area contributed by atoms with Crippen molar-refractivity contribution in [2.24, 2.45) is 0 Å². The Morgan fingerprint density at radius 3 is 1.29 bits per heavy atom. The summed E-state index contributed by atoms with van der Waals surface area (Å²) in [6.45, 7) is 16.4. The molecule has 84 valence electrons. The van der Waals surface area contributed by atoms with Crippen LogP contribution in [0.4, 0.5) is 0 Å². The zero-order chi connectivity index (χ0) is 11.7. The molecule has 0 amide bonds. The van der Waals surface area contributed by atoms with Crippen molar-refractivity contribution in [1.29, 1.82) is 0 Å². The van der Waals surface area contributed by atoms with Crippen LogP contribution in [0.2, 0.25) is 0 Å². The first-order valence-corrected chi connectivity index (χ1v) is 3.77. The predicted molar refractivity (Wildman–Crippen MR) is 54.4 cm³/mol. The van der Waals surface area contributed by atoms with Crippen LogP contribution < -0.4 is 0 Å². The van der Waals surface area contributed by atoms with Gasteiger partial charge >= 0.3 is 19.5 Å². The van der Waals surface area contributed by atoms with E-state index in [9.17, 15) is 0 Å². The second-order valence-electron chi connectivity index (χ2n) is 2.31. The summed E-state index contributed by atoms with van der Waals surface area (Å²) in [6.07, 6.45) is 4.00. The molecule has 0 saturated heterocycles. The molecule has 4 heteroatoms. The number of hydrogen-bond acceptors (Lipinski definition) is 3. The number of rotatable bonds is 3. The fourth-order valence-electron chi connectivity index (χ4n) is 0.530. The maximum Gasteiger partial charge on any atom is 4.00 e. The van der Waals surface area contributed by atoms with E-state index in [1.54, 1.807) is 5.92 Å². The van der Waals surface area contributed by atoms with Crippen LogP contribution in [0.5, 0.6) is 0 Å². The molecule has 3 nitrogen and oxygen atoms in total. The summed E-state index contributed by atoms with van der Waals surface area (Å²) in [7, 11) is 0. The van der Waals surface area contributed by atoms with Crippen LogP contribution in [0.15, 0.2) is 0 Å². The van der Waals surface area contributed by atoms with E-state index in [2.05, 4.69) is 41.1 Å². The van der Waals surface area contributed by atoms with Crippen LogP contribution in [0, 0.1) is 5.92 Å². The third kappa shape index (κ3) is 99.6. The van der Waals surface area contributed by atoms with Gasteiger partial charge in [-0.15, -0.1) is 0 Å².